The fraction of sp³-hybridized carbons (Fsp3) is 0.136. The molecule has 0 bridgehead atoms. The first-order valence-electron chi connectivity index (χ1n) is 9.39. The Morgan fingerprint density at radius 1 is 1.07 bits per heavy atom. The molecular formula is C22H22N6O. The predicted octanol–water partition coefficient (Wildman–Crippen LogP) is 3.17. The number of nitrogens with one attached hydrogen (secondary N) is 3. The van der Waals surface area contributed by atoms with Crippen LogP contribution in [-0.4, -0.2) is 33.9 Å². The quantitative estimate of drug-likeness (QED) is 0.454. The Morgan fingerprint density at radius 2 is 1.93 bits per heavy atom. The van der Waals surface area contributed by atoms with E-state index < -0.39 is 0 Å². The number of fused-ring (bicyclic) bond motifs is 1. The molecule has 0 saturated heterocycles. The summed E-state index contributed by atoms with van der Waals surface area (Å²) in [6.45, 7) is 0.893. The van der Waals surface area contributed by atoms with Crippen LogP contribution < -0.4 is 16.0 Å². The summed E-state index contributed by atoms with van der Waals surface area (Å²) in [6.07, 6.45) is 5.41. The van der Waals surface area contributed by atoms with Gasteiger partial charge in [-0.25, -0.2) is 9.97 Å². The molecule has 0 aliphatic heterocycles. The van der Waals surface area contributed by atoms with Crippen molar-refractivity contribution >= 4 is 23.1 Å². The first kappa shape index (κ1) is 18.6. The van der Waals surface area contributed by atoms with Crippen molar-refractivity contribution in [1.29, 1.82) is 0 Å². The third-order valence-electron chi connectivity index (χ3n) is 4.56. The summed E-state index contributed by atoms with van der Waals surface area (Å²) < 4.78 is 1.97. The molecule has 2 aromatic carbocycles. The maximum atomic E-state index is 12.3. The molecule has 0 aliphatic rings. The van der Waals surface area contributed by atoms with E-state index in [-0.39, 0.29) is 12.5 Å². The molecule has 4 rings (SSSR count). The number of carbonyl (C=O) groups is 1. The first-order chi connectivity index (χ1) is 14.2. The average molecular weight is 386 g/mol. The summed E-state index contributed by atoms with van der Waals surface area (Å²) >= 11 is 0. The molecule has 2 heterocycles. The monoisotopic (exact) mass is 386 g/mol. The van der Waals surface area contributed by atoms with Crippen molar-refractivity contribution in [2.75, 3.05) is 24.2 Å². The Balaban J connectivity index is 1.44. The van der Waals surface area contributed by atoms with Crippen molar-refractivity contribution in [1.82, 2.24) is 19.7 Å². The fourth-order valence-electron chi connectivity index (χ4n) is 3.19. The van der Waals surface area contributed by atoms with E-state index in [1.165, 1.54) is 0 Å². The Bertz CT molecular complexity index is 1120. The van der Waals surface area contributed by atoms with Gasteiger partial charge in [0.05, 0.1) is 18.4 Å². The lowest BCUT2D eigenvalue weighted by Crippen LogP contribution is -2.27. The highest BCUT2D eigenvalue weighted by molar-refractivity contribution is 5.93. The summed E-state index contributed by atoms with van der Waals surface area (Å²) in [4.78, 5) is 21.0. The maximum absolute atomic E-state index is 12.3. The molecule has 4 aromatic rings. The number of nitrogens with zero attached hydrogens (tertiary/aromatic N) is 3. The number of hydrogen-bond acceptors (Lipinski definition) is 5. The van der Waals surface area contributed by atoms with E-state index in [1.807, 2.05) is 72.2 Å². The van der Waals surface area contributed by atoms with Crippen molar-refractivity contribution in [3.63, 3.8) is 0 Å². The first-order valence-corrected chi connectivity index (χ1v) is 9.39. The Kier molecular flexibility index (Phi) is 5.49. The lowest BCUT2D eigenvalue weighted by molar-refractivity contribution is -0.115. The second-order valence-electron chi connectivity index (χ2n) is 6.58. The molecule has 3 N–H and O–H groups in total. The topological polar surface area (TPSA) is 83.3 Å². The summed E-state index contributed by atoms with van der Waals surface area (Å²) in [5.74, 6) is 0.630. The number of amides is 1. The van der Waals surface area contributed by atoms with E-state index in [4.69, 9.17) is 0 Å². The summed E-state index contributed by atoms with van der Waals surface area (Å²) in [5.41, 5.74) is 4.53. The van der Waals surface area contributed by atoms with Crippen molar-refractivity contribution in [2.24, 2.45) is 0 Å². The molecular weight excluding hydrogens is 364 g/mol. The van der Waals surface area contributed by atoms with Crippen LogP contribution in [0.1, 0.15) is 5.56 Å². The number of imidazole rings is 1. The minimum atomic E-state index is -0.0853. The van der Waals surface area contributed by atoms with Gasteiger partial charge in [-0.3, -0.25) is 9.20 Å². The molecule has 0 radical (unpaired) electrons. The SMILES string of the molecule is CNc1nccn2c(-c3cccc(NC(=O)CNCc4ccccc4)c3)cnc12. The van der Waals surface area contributed by atoms with E-state index in [1.54, 1.807) is 12.4 Å². The van der Waals surface area contributed by atoms with Gasteiger partial charge in [-0.1, -0.05) is 42.5 Å². The van der Waals surface area contributed by atoms with Gasteiger partial charge in [0.1, 0.15) is 0 Å². The normalized spacial score (nSPS) is 10.8. The van der Waals surface area contributed by atoms with Crippen LogP contribution in [0.25, 0.3) is 16.9 Å². The third-order valence-corrected chi connectivity index (χ3v) is 4.56. The Morgan fingerprint density at radius 3 is 2.76 bits per heavy atom. The molecule has 146 valence electrons. The average Bonchev–Trinajstić information content (AvgIpc) is 3.19. The molecule has 7 nitrogen and oxygen atoms in total. The van der Waals surface area contributed by atoms with Gasteiger partial charge in [-0.05, 0) is 17.7 Å². The van der Waals surface area contributed by atoms with Crippen LogP contribution in [0, 0.1) is 0 Å². The molecule has 0 saturated carbocycles. The lowest BCUT2D eigenvalue weighted by atomic mass is 10.1. The zero-order valence-electron chi connectivity index (χ0n) is 16.1. The van der Waals surface area contributed by atoms with E-state index >= 15 is 0 Å². The maximum Gasteiger partial charge on any atom is 0.238 e. The predicted molar refractivity (Wildman–Crippen MR) is 115 cm³/mol. The van der Waals surface area contributed by atoms with Crippen molar-refractivity contribution in [3.05, 3.63) is 78.8 Å². The molecule has 0 unspecified atom stereocenters. The van der Waals surface area contributed by atoms with Crippen LogP contribution in [0.2, 0.25) is 0 Å². The van der Waals surface area contributed by atoms with Crippen LogP contribution in [0.5, 0.6) is 0 Å². The van der Waals surface area contributed by atoms with Crippen molar-refractivity contribution in [2.45, 2.75) is 6.54 Å². The number of hydrogen-bond donors (Lipinski definition) is 3. The van der Waals surface area contributed by atoms with Gasteiger partial charge in [0.2, 0.25) is 5.91 Å². The molecule has 0 fully saturated rings. The number of anilines is 2. The highest BCUT2D eigenvalue weighted by Crippen LogP contribution is 2.25. The van der Waals surface area contributed by atoms with E-state index in [0.717, 1.165) is 28.2 Å². The molecule has 2 aromatic heterocycles. The standard InChI is InChI=1S/C22H22N6O/c1-23-21-22-26-14-19(28(22)11-10-25-21)17-8-5-9-18(12-17)27-20(29)15-24-13-16-6-3-2-4-7-16/h2-12,14,24H,13,15H2,1H3,(H,23,25)(H,27,29). The van der Waals surface area contributed by atoms with Gasteiger partial charge in [0, 0.05) is 37.2 Å². The molecule has 0 atom stereocenters. The van der Waals surface area contributed by atoms with Crippen LogP contribution in [0.4, 0.5) is 11.5 Å². The van der Waals surface area contributed by atoms with Gasteiger partial charge in [-0.2, -0.15) is 0 Å². The van der Waals surface area contributed by atoms with Gasteiger partial charge in [0.25, 0.3) is 0 Å². The van der Waals surface area contributed by atoms with Crippen LogP contribution in [-0.2, 0) is 11.3 Å². The van der Waals surface area contributed by atoms with Gasteiger partial charge in [-0.15, -0.1) is 0 Å². The summed E-state index contributed by atoms with van der Waals surface area (Å²) in [7, 11) is 1.82. The minimum Gasteiger partial charge on any atom is -0.370 e. The smallest absolute Gasteiger partial charge is 0.238 e. The summed E-state index contributed by atoms with van der Waals surface area (Å²) in [6, 6.07) is 17.7. The largest absolute Gasteiger partial charge is 0.370 e. The summed E-state index contributed by atoms with van der Waals surface area (Å²) in [5, 5.41) is 9.15. The molecule has 0 spiro atoms. The second-order valence-corrected chi connectivity index (χ2v) is 6.58. The molecule has 0 aliphatic carbocycles. The molecule has 29 heavy (non-hydrogen) atoms. The highest BCUT2D eigenvalue weighted by atomic mass is 16.1. The van der Waals surface area contributed by atoms with E-state index in [0.29, 0.717) is 12.4 Å². The van der Waals surface area contributed by atoms with Gasteiger partial charge in [0.15, 0.2) is 11.5 Å². The zero-order chi connectivity index (χ0) is 20.1. The molecule has 1 amide bonds. The van der Waals surface area contributed by atoms with E-state index in [2.05, 4.69) is 25.9 Å². The Labute approximate surface area is 168 Å². The van der Waals surface area contributed by atoms with Crippen molar-refractivity contribution < 1.29 is 4.79 Å². The second kappa shape index (κ2) is 8.53. The lowest BCUT2D eigenvalue weighted by Gasteiger charge is -2.09. The van der Waals surface area contributed by atoms with E-state index in [9.17, 15) is 4.79 Å². The Hall–Kier alpha value is -3.71. The van der Waals surface area contributed by atoms with Gasteiger partial charge < -0.3 is 16.0 Å². The number of benzene rings is 2. The van der Waals surface area contributed by atoms with Crippen LogP contribution >= 0.6 is 0 Å². The minimum absolute atomic E-state index is 0.0853. The van der Waals surface area contributed by atoms with Crippen molar-refractivity contribution in [3.8, 4) is 11.3 Å². The third kappa shape index (κ3) is 4.25. The number of carbonyl (C=O) groups excluding carboxylic acids is 1. The fourth-order valence-corrected chi connectivity index (χ4v) is 3.19. The molecule has 7 heteroatoms. The van der Waals surface area contributed by atoms with Crippen LogP contribution in [0.3, 0.4) is 0 Å². The number of aromatic nitrogens is 3. The van der Waals surface area contributed by atoms with Gasteiger partial charge >= 0.3 is 0 Å². The zero-order valence-corrected chi connectivity index (χ0v) is 16.1. The number of rotatable bonds is 7. The van der Waals surface area contributed by atoms with Crippen LogP contribution in [0.15, 0.2) is 73.2 Å². The highest BCUT2D eigenvalue weighted by Gasteiger charge is 2.10.